The average molecular weight is 331 g/mol. The van der Waals surface area contributed by atoms with Crippen molar-refractivity contribution in [2.45, 2.75) is 65.7 Å². The Balaban J connectivity index is 2.31. The van der Waals surface area contributed by atoms with Gasteiger partial charge in [0.05, 0.1) is 0 Å². The predicted molar refractivity (Wildman–Crippen MR) is 106 cm³/mol. The summed E-state index contributed by atoms with van der Waals surface area (Å²) in [6, 6.07) is 8.10. The number of nitrogens with one attached hydrogen (secondary N) is 1. The van der Waals surface area contributed by atoms with Gasteiger partial charge in [0.25, 0.3) is 0 Å². The molecule has 0 saturated carbocycles. The number of nitrogens with zero attached hydrogens (tertiary/aromatic N) is 1. The topological polar surface area (TPSA) is 32.3 Å². The van der Waals surface area contributed by atoms with E-state index in [0.29, 0.717) is 6.42 Å². The lowest BCUT2D eigenvalue weighted by molar-refractivity contribution is -0.116. The first-order valence-electron chi connectivity index (χ1n) is 9.51. The third kappa shape index (κ3) is 8.19. The smallest absolute Gasteiger partial charge is 0.224 e. The summed E-state index contributed by atoms with van der Waals surface area (Å²) in [5.74, 6) is 0.103. The number of hydrogen-bond acceptors (Lipinski definition) is 2. The molecule has 134 valence electrons. The molecule has 0 unspecified atom stereocenters. The molecule has 1 rings (SSSR count). The summed E-state index contributed by atoms with van der Waals surface area (Å²) in [6.07, 6.45) is 11.9. The highest BCUT2D eigenvalue weighted by atomic mass is 16.1. The van der Waals surface area contributed by atoms with E-state index in [1.807, 2.05) is 12.1 Å². The van der Waals surface area contributed by atoms with Crippen molar-refractivity contribution in [1.82, 2.24) is 0 Å². The molecule has 0 heterocycles. The summed E-state index contributed by atoms with van der Waals surface area (Å²) in [5, 5.41) is 3.01. The van der Waals surface area contributed by atoms with Crippen LogP contribution < -0.4 is 10.2 Å². The molecule has 1 aromatic rings. The van der Waals surface area contributed by atoms with Crippen molar-refractivity contribution in [2.24, 2.45) is 0 Å². The van der Waals surface area contributed by atoms with Crippen molar-refractivity contribution in [2.75, 3.05) is 23.3 Å². The number of unbranched alkanes of at least 4 members (excludes halogenated alkanes) is 4. The second-order valence-corrected chi connectivity index (χ2v) is 6.13. The molecule has 1 aromatic carbocycles. The van der Waals surface area contributed by atoms with Crippen LogP contribution in [-0.2, 0) is 4.79 Å². The van der Waals surface area contributed by atoms with E-state index in [2.05, 4.69) is 55.3 Å². The Labute approximate surface area is 148 Å². The fourth-order valence-electron chi connectivity index (χ4n) is 2.72. The van der Waals surface area contributed by atoms with E-state index in [0.717, 1.165) is 43.7 Å². The molecule has 3 heteroatoms. The standard InChI is InChI=1S/C21H34N2O/c1-4-7-8-9-10-11-12-13-17-21(24)22-19-15-14-16-20(18-19)23(5-2)6-3/h10-11,14-16,18H,4-9,12-13,17H2,1-3H3,(H,22,24)/b11-10+. The zero-order valence-corrected chi connectivity index (χ0v) is 15.7. The van der Waals surface area contributed by atoms with Crippen LogP contribution in [-0.4, -0.2) is 19.0 Å². The molecule has 0 radical (unpaired) electrons. The first-order chi connectivity index (χ1) is 11.7. The quantitative estimate of drug-likeness (QED) is 0.389. The maximum absolute atomic E-state index is 12.1. The fourth-order valence-corrected chi connectivity index (χ4v) is 2.72. The number of carbonyl (C=O) groups excluding carboxylic acids is 1. The zero-order valence-electron chi connectivity index (χ0n) is 15.7. The highest BCUT2D eigenvalue weighted by Gasteiger charge is 2.05. The molecule has 1 amide bonds. The molecule has 0 saturated heterocycles. The van der Waals surface area contributed by atoms with Gasteiger partial charge in [-0.3, -0.25) is 4.79 Å². The Morgan fingerprint density at radius 1 is 1.04 bits per heavy atom. The van der Waals surface area contributed by atoms with E-state index in [9.17, 15) is 4.79 Å². The molecule has 0 spiro atoms. The summed E-state index contributed by atoms with van der Waals surface area (Å²) in [5.41, 5.74) is 2.05. The molecule has 0 bridgehead atoms. The number of hydrogen-bond donors (Lipinski definition) is 1. The van der Waals surface area contributed by atoms with Gasteiger partial charge in [-0.15, -0.1) is 0 Å². The van der Waals surface area contributed by atoms with Crippen LogP contribution in [0.15, 0.2) is 36.4 Å². The summed E-state index contributed by atoms with van der Waals surface area (Å²) in [6.45, 7) is 8.45. The minimum Gasteiger partial charge on any atom is -0.372 e. The van der Waals surface area contributed by atoms with Gasteiger partial charge in [-0.05, 0) is 57.7 Å². The highest BCUT2D eigenvalue weighted by molar-refractivity contribution is 5.91. The van der Waals surface area contributed by atoms with Crippen LogP contribution in [0, 0.1) is 0 Å². The number of anilines is 2. The van der Waals surface area contributed by atoms with Gasteiger partial charge < -0.3 is 10.2 Å². The second-order valence-electron chi connectivity index (χ2n) is 6.13. The maximum Gasteiger partial charge on any atom is 0.224 e. The molecule has 1 N–H and O–H groups in total. The minimum atomic E-state index is 0.103. The Morgan fingerprint density at radius 2 is 1.75 bits per heavy atom. The monoisotopic (exact) mass is 330 g/mol. The lowest BCUT2D eigenvalue weighted by Crippen LogP contribution is -2.22. The van der Waals surface area contributed by atoms with Crippen molar-refractivity contribution in [3.63, 3.8) is 0 Å². The number of rotatable bonds is 12. The van der Waals surface area contributed by atoms with E-state index in [-0.39, 0.29) is 5.91 Å². The van der Waals surface area contributed by atoms with Gasteiger partial charge in [0, 0.05) is 30.9 Å². The van der Waals surface area contributed by atoms with Gasteiger partial charge in [-0.1, -0.05) is 38.0 Å². The highest BCUT2D eigenvalue weighted by Crippen LogP contribution is 2.19. The number of carbonyl (C=O) groups is 1. The normalized spacial score (nSPS) is 11.0. The van der Waals surface area contributed by atoms with Crippen molar-refractivity contribution < 1.29 is 4.79 Å². The minimum absolute atomic E-state index is 0.103. The van der Waals surface area contributed by atoms with Crippen molar-refractivity contribution in [3.8, 4) is 0 Å². The number of allylic oxidation sites excluding steroid dienone is 2. The second kappa shape index (κ2) is 12.6. The van der Waals surface area contributed by atoms with E-state index in [1.54, 1.807) is 0 Å². The average Bonchev–Trinajstić information content (AvgIpc) is 2.59. The van der Waals surface area contributed by atoms with Crippen LogP contribution in [0.25, 0.3) is 0 Å². The molecular formula is C21H34N2O. The predicted octanol–water partition coefficient (Wildman–Crippen LogP) is 5.78. The van der Waals surface area contributed by atoms with Crippen LogP contribution in [0.4, 0.5) is 11.4 Å². The Kier molecular flexibility index (Phi) is 10.7. The van der Waals surface area contributed by atoms with Gasteiger partial charge in [0.2, 0.25) is 5.91 Å². The van der Waals surface area contributed by atoms with Gasteiger partial charge >= 0.3 is 0 Å². The molecular weight excluding hydrogens is 296 g/mol. The molecule has 0 aliphatic heterocycles. The molecule has 24 heavy (non-hydrogen) atoms. The Hall–Kier alpha value is -1.77. The lowest BCUT2D eigenvalue weighted by atomic mass is 10.1. The van der Waals surface area contributed by atoms with Crippen molar-refractivity contribution in [1.29, 1.82) is 0 Å². The van der Waals surface area contributed by atoms with Crippen molar-refractivity contribution in [3.05, 3.63) is 36.4 Å². The lowest BCUT2D eigenvalue weighted by Gasteiger charge is -2.21. The van der Waals surface area contributed by atoms with Crippen LogP contribution >= 0.6 is 0 Å². The molecule has 0 atom stereocenters. The zero-order chi connectivity index (χ0) is 17.6. The van der Waals surface area contributed by atoms with Gasteiger partial charge in [-0.2, -0.15) is 0 Å². The SMILES string of the molecule is CCCCC/C=C/CCCC(=O)Nc1cccc(N(CC)CC)c1. The van der Waals surface area contributed by atoms with E-state index in [1.165, 1.54) is 19.3 Å². The number of benzene rings is 1. The van der Waals surface area contributed by atoms with Crippen LogP contribution in [0.3, 0.4) is 0 Å². The molecule has 0 aliphatic rings. The molecule has 0 aliphatic carbocycles. The van der Waals surface area contributed by atoms with Gasteiger partial charge in [0.1, 0.15) is 0 Å². The summed E-state index contributed by atoms with van der Waals surface area (Å²) in [7, 11) is 0. The first-order valence-corrected chi connectivity index (χ1v) is 9.51. The summed E-state index contributed by atoms with van der Waals surface area (Å²) < 4.78 is 0. The first kappa shape index (κ1) is 20.3. The van der Waals surface area contributed by atoms with Gasteiger partial charge in [0.15, 0.2) is 0 Å². The Bertz CT molecular complexity index is 492. The van der Waals surface area contributed by atoms with Crippen LogP contribution in [0.5, 0.6) is 0 Å². The molecule has 0 fully saturated rings. The third-order valence-corrected chi connectivity index (χ3v) is 4.17. The molecule has 0 aromatic heterocycles. The van der Waals surface area contributed by atoms with E-state index >= 15 is 0 Å². The summed E-state index contributed by atoms with van der Waals surface area (Å²) >= 11 is 0. The molecule has 3 nitrogen and oxygen atoms in total. The van der Waals surface area contributed by atoms with Crippen LogP contribution in [0.2, 0.25) is 0 Å². The van der Waals surface area contributed by atoms with Crippen LogP contribution in [0.1, 0.15) is 65.7 Å². The van der Waals surface area contributed by atoms with E-state index < -0.39 is 0 Å². The number of amides is 1. The Morgan fingerprint density at radius 3 is 2.42 bits per heavy atom. The summed E-state index contributed by atoms with van der Waals surface area (Å²) in [4.78, 5) is 14.3. The van der Waals surface area contributed by atoms with Gasteiger partial charge in [-0.25, -0.2) is 0 Å². The fraction of sp³-hybridized carbons (Fsp3) is 0.571. The largest absolute Gasteiger partial charge is 0.372 e. The van der Waals surface area contributed by atoms with Crippen molar-refractivity contribution >= 4 is 17.3 Å². The maximum atomic E-state index is 12.1. The van der Waals surface area contributed by atoms with E-state index in [4.69, 9.17) is 0 Å². The third-order valence-electron chi connectivity index (χ3n) is 4.17.